The SMILES string of the molecule is CCCOP1(=O)OC[C@H]2O[C@@H](n3ccc(=O)[nH]c3=O)[C@](C)(N=[N+]=[N-])C2O1. The standard InChI is InChI=1S/C13H18N5O7P/c1-3-6-22-26(21)23-7-8-10(25-26)13(2,16-17-14)11(24-8)18-5-4-9(19)15-12(18)20/h4-5,8,10-11H,3,6-7H2,1-2H3,(H,15,19,20)/t8-,10?,11-,13-,26?/m1/s1. The minimum absolute atomic E-state index is 0.128. The lowest BCUT2D eigenvalue weighted by Gasteiger charge is -2.35. The van der Waals surface area contributed by atoms with Gasteiger partial charge in [-0.05, 0) is 18.9 Å². The van der Waals surface area contributed by atoms with Crippen LogP contribution < -0.4 is 11.2 Å². The van der Waals surface area contributed by atoms with Crippen molar-refractivity contribution in [3.8, 4) is 0 Å². The van der Waals surface area contributed by atoms with Crippen LogP contribution in [0.4, 0.5) is 0 Å². The number of ether oxygens (including phenoxy) is 1. The summed E-state index contributed by atoms with van der Waals surface area (Å²) in [5, 5.41) is 3.75. The number of hydrogen-bond acceptors (Lipinski definition) is 8. The molecule has 12 nitrogen and oxygen atoms in total. The van der Waals surface area contributed by atoms with Gasteiger partial charge in [0.2, 0.25) is 0 Å². The molecule has 2 fully saturated rings. The molecule has 5 atom stereocenters. The highest BCUT2D eigenvalue weighted by Crippen LogP contribution is 2.59. The number of H-pyrrole nitrogens is 1. The Labute approximate surface area is 147 Å². The number of fused-ring (bicyclic) bond motifs is 1. The number of phosphoric ester groups is 1. The highest BCUT2D eigenvalue weighted by molar-refractivity contribution is 7.48. The molecule has 13 heteroatoms. The summed E-state index contributed by atoms with van der Waals surface area (Å²) in [5.74, 6) is 0. The highest BCUT2D eigenvalue weighted by Gasteiger charge is 2.60. The number of nitrogens with zero attached hydrogens (tertiary/aromatic N) is 4. The fourth-order valence-electron chi connectivity index (χ4n) is 2.96. The molecule has 2 unspecified atom stereocenters. The lowest BCUT2D eigenvalue weighted by Crippen LogP contribution is -2.47. The van der Waals surface area contributed by atoms with Crippen LogP contribution in [0, 0.1) is 0 Å². The Balaban J connectivity index is 2.00. The Morgan fingerprint density at radius 3 is 3.00 bits per heavy atom. The van der Waals surface area contributed by atoms with Crippen molar-refractivity contribution in [1.29, 1.82) is 0 Å². The van der Waals surface area contributed by atoms with Crippen molar-refractivity contribution in [3.63, 3.8) is 0 Å². The van der Waals surface area contributed by atoms with Crippen LogP contribution in [-0.4, -0.2) is 40.5 Å². The number of aromatic nitrogens is 2. The average molecular weight is 387 g/mol. The molecular weight excluding hydrogens is 369 g/mol. The second kappa shape index (κ2) is 6.99. The van der Waals surface area contributed by atoms with E-state index in [9.17, 15) is 14.2 Å². The summed E-state index contributed by atoms with van der Waals surface area (Å²) in [6, 6.07) is 1.13. The van der Waals surface area contributed by atoms with Crippen LogP contribution in [0.25, 0.3) is 10.4 Å². The molecule has 1 aromatic heterocycles. The highest BCUT2D eigenvalue weighted by atomic mass is 31.2. The number of nitrogens with one attached hydrogen (secondary N) is 1. The minimum atomic E-state index is -3.85. The largest absolute Gasteiger partial charge is 0.475 e. The molecule has 0 aromatic carbocycles. The molecule has 0 amide bonds. The topological polar surface area (TPSA) is 158 Å². The van der Waals surface area contributed by atoms with E-state index in [-0.39, 0.29) is 13.2 Å². The van der Waals surface area contributed by atoms with Crippen LogP contribution in [0.1, 0.15) is 26.5 Å². The first-order valence-corrected chi connectivity index (χ1v) is 9.40. The Morgan fingerprint density at radius 2 is 2.35 bits per heavy atom. The van der Waals surface area contributed by atoms with Gasteiger partial charge in [-0.25, -0.2) is 9.36 Å². The summed E-state index contributed by atoms with van der Waals surface area (Å²) in [5.41, 5.74) is 6.25. The molecule has 2 saturated heterocycles. The molecule has 1 aromatic rings. The van der Waals surface area contributed by atoms with Crippen molar-refractivity contribution in [2.24, 2.45) is 5.11 Å². The van der Waals surface area contributed by atoms with Gasteiger partial charge in [-0.1, -0.05) is 12.0 Å². The first kappa shape index (κ1) is 18.8. The Bertz CT molecular complexity index is 893. The quantitative estimate of drug-likeness (QED) is 0.346. The first-order valence-electron chi connectivity index (χ1n) is 7.93. The normalized spacial score (nSPS) is 36.3. The minimum Gasteiger partial charge on any atom is -0.349 e. The zero-order valence-electron chi connectivity index (χ0n) is 14.1. The molecule has 2 aliphatic heterocycles. The fraction of sp³-hybridized carbons (Fsp3) is 0.692. The molecule has 0 bridgehead atoms. The zero-order valence-corrected chi connectivity index (χ0v) is 15.0. The molecule has 2 aliphatic rings. The number of aromatic amines is 1. The van der Waals surface area contributed by atoms with E-state index in [1.54, 1.807) is 0 Å². The smallest absolute Gasteiger partial charge is 0.349 e. The van der Waals surface area contributed by atoms with E-state index < -0.39 is 43.0 Å². The third-order valence-corrected chi connectivity index (χ3v) is 5.62. The van der Waals surface area contributed by atoms with Crippen molar-refractivity contribution in [2.45, 2.75) is 44.2 Å². The number of rotatable bonds is 5. The summed E-state index contributed by atoms with van der Waals surface area (Å²) in [4.78, 5) is 28.4. The number of azide groups is 1. The second-order valence-corrected chi connectivity index (χ2v) is 7.68. The van der Waals surface area contributed by atoms with Gasteiger partial charge >= 0.3 is 13.5 Å². The van der Waals surface area contributed by atoms with Crippen LogP contribution in [0.5, 0.6) is 0 Å². The number of hydrogen-bond donors (Lipinski definition) is 1. The van der Waals surface area contributed by atoms with Crippen LogP contribution >= 0.6 is 7.82 Å². The van der Waals surface area contributed by atoms with Crippen molar-refractivity contribution in [2.75, 3.05) is 13.2 Å². The van der Waals surface area contributed by atoms with Crippen molar-refractivity contribution < 1.29 is 22.9 Å². The van der Waals surface area contributed by atoms with Gasteiger partial charge in [0.25, 0.3) is 5.56 Å². The molecule has 26 heavy (non-hydrogen) atoms. The molecule has 0 saturated carbocycles. The van der Waals surface area contributed by atoms with Gasteiger partial charge in [-0.15, -0.1) is 0 Å². The van der Waals surface area contributed by atoms with Crippen molar-refractivity contribution >= 4 is 7.82 Å². The maximum Gasteiger partial charge on any atom is 0.475 e. The average Bonchev–Trinajstić information content (AvgIpc) is 2.86. The molecule has 142 valence electrons. The van der Waals surface area contributed by atoms with Crippen LogP contribution in [0.3, 0.4) is 0 Å². The monoisotopic (exact) mass is 387 g/mol. The predicted octanol–water partition coefficient (Wildman–Crippen LogP) is 1.45. The van der Waals surface area contributed by atoms with Gasteiger partial charge < -0.3 is 4.74 Å². The maximum absolute atomic E-state index is 12.6. The Kier molecular flexibility index (Phi) is 5.07. The summed E-state index contributed by atoms with van der Waals surface area (Å²) < 4.78 is 35.4. The number of phosphoric acid groups is 1. The van der Waals surface area contributed by atoms with Crippen LogP contribution in [-0.2, 0) is 22.9 Å². The van der Waals surface area contributed by atoms with Crippen LogP contribution in [0.2, 0.25) is 0 Å². The van der Waals surface area contributed by atoms with E-state index in [4.69, 9.17) is 23.8 Å². The third-order valence-electron chi connectivity index (χ3n) is 4.17. The van der Waals surface area contributed by atoms with E-state index in [2.05, 4.69) is 15.0 Å². The van der Waals surface area contributed by atoms with E-state index in [0.29, 0.717) is 6.42 Å². The third kappa shape index (κ3) is 3.23. The Morgan fingerprint density at radius 1 is 1.58 bits per heavy atom. The molecule has 3 heterocycles. The summed E-state index contributed by atoms with van der Waals surface area (Å²) in [7, 11) is -3.85. The van der Waals surface area contributed by atoms with E-state index in [0.717, 1.165) is 10.6 Å². The van der Waals surface area contributed by atoms with Gasteiger partial charge in [0.15, 0.2) is 6.23 Å². The predicted molar refractivity (Wildman–Crippen MR) is 87.5 cm³/mol. The molecule has 0 spiro atoms. The molecular formula is C13H18N5O7P. The van der Waals surface area contributed by atoms with Crippen LogP contribution in [0.15, 0.2) is 27.0 Å². The lowest BCUT2D eigenvalue weighted by atomic mass is 9.93. The van der Waals surface area contributed by atoms with Crippen molar-refractivity contribution in [3.05, 3.63) is 43.5 Å². The van der Waals surface area contributed by atoms with E-state index in [1.165, 1.54) is 13.1 Å². The van der Waals surface area contributed by atoms with E-state index in [1.807, 2.05) is 6.92 Å². The molecule has 0 aliphatic carbocycles. The summed E-state index contributed by atoms with van der Waals surface area (Å²) in [6.07, 6.45) is -0.994. The molecule has 0 radical (unpaired) electrons. The summed E-state index contributed by atoms with van der Waals surface area (Å²) in [6.45, 7) is 3.38. The van der Waals surface area contributed by atoms with E-state index >= 15 is 0 Å². The van der Waals surface area contributed by atoms with Gasteiger partial charge in [-0.3, -0.25) is 27.9 Å². The maximum atomic E-state index is 12.6. The van der Waals surface area contributed by atoms with Gasteiger partial charge in [0.1, 0.15) is 17.7 Å². The lowest BCUT2D eigenvalue weighted by molar-refractivity contribution is -0.0722. The Hall–Kier alpha value is -1.94. The second-order valence-electron chi connectivity index (χ2n) is 6.06. The van der Waals surface area contributed by atoms with Gasteiger partial charge in [0.05, 0.1) is 13.2 Å². The van der Waals surface area contributed by atoms with Crippen molar-refractivity contribution in [1.82, 2.24) is 9.55 Å². The first-order chi connectivity index (χ1) is 12.3. The fourth-order valence-corrected chi connectivity index (χ4v) is 4.52. The molecule has 1 N–H and O–H groups in total. The summed E-state index contributed by atoms with van der Waals surface area (Å²) >= 11 is 0. The molecule has 3 rings (SSSR count). The zero-order chi connectivity index (χ0) is 18.9. The van der Waals surface area contributed by atoms with Gasteiger partial charge in [0, 0.05) is 17.2 Å². The van der Waals surface area contributed by atoms with Gasteiger partial charge in [-0.2, -0.15) is 0 Å².